The number of rotatable bonds is 12. The summed E-state index contributed by atoms with van der Waals surface area (Å²) < 4.78 is 0. The lowest BCUT2D eigenvalue weighted by molar-refractivity contribution is 0.717. The molecule has 0 fully saturated rings. The van der Waals surface area contributed by atoms with Gasteiger partial charge in [0.25, 0.3) is 0 Å². The van der Waals surface area contributed by atoms with Gasteiger partial charge in [-0.2, -0.15) is 0 Å². The van der Waals surface area contributed by atoms with Gasteiger partial charge < -0.3 is 9.88 Å². The lowest BCUT2D eigenvalue weighted by Crippen LogP contribution is -2.10. The fraction of sp³-hybridized carbons (Fsp3) is 0.294. The van der Waals surface area contributed by atoms with Crippen LogP contribution in [0.2, 0.25) is 0 Å². The topological polar surface area (TPSA) is 44.8 Å². The number of imidazole rings is 1. The van der Waals surface area contributed by atoms with E-state index >= 15 is 0 Å². The molecule has 0 saturated heterocycles. The van der Waals surface area contributed by atoms with E-state index in [2.05, 4.69) is 89.4 Å². The number of nitrogens with zero attached hydrogens (tertiary/aromatic N) is 3. The number of unbranched alkanes of at least 4 members (excludes halogenated alkanes) is 4. The number of fused-ring (bicyclic) bond motifs is 1. The van der Waals surface area contributed by atoms with Gasteiger partial charge in [0.15, 0.2) is 5.82 Å². The molecular formula is C34H38N4. The zero-order valence-corrected chi connectivity index (χ0v) is 22.7. The molecule has 0 bridgehead atoms. The third-order valence-electron chi connectivity index (χ3n) is 7.16. The summed E-state index contributed by atoms with van der Waals surface area (Å²) in [7, 11) is 0. The molecule has 5 aromatic rings. The highest BCUT2D eigenvalue weighted by Gasteiger charge is 2.15. The number of nitrogens with one attached hydrogen (secondary N) is 1. The van der Waals surface area contributed by atoms with Crippen LogP contribution in [0.3, 0.4) is 0 Å². The van der Waals surface area contributed by atoms with Crippen LogP contribution in [0.15, 0.2) is 91.1 Å². The molecule has 0 amide bonds. The molecule has 0 saturated carbocycles. The summed E-state index contributed by atoms with van der Waals surface area (Å²) in [6.07, 6.45) is 11.7. The van der Waals surface area contributed by atoms with E-state index in [0.717, 1.165) is 52.5 Å². The second kappa shape index (κ2) is 12.6. The van der Waals surface area contributed by atoms with E-state index in [0.29, 0.717) is 0 Å². The van der Waals surface area contributed by atoms with Crippen molar-refractivity contribution in [3.8, 4) is 11.5 Å². The predicted octanol–water partition coefficient (Wildman–Crippen LogP) is 9.56. The fourth-order valence-electron chi connectivity index (χ4n) is 4.99. The maximum absolute atomic E-state index is 4.79. The number of H-pyrrole nitrogens is 1. The van der Waals surface area contributed by atoms with Crippen molar-refractivity contribution in [3.05, 3.63) is 102 Å². The second-order valence-electron chi connectivity index (χ2n) is 10.1. The maximum atomic E-state index is 4.79. The predicted molar refractivity (Wildman–Crippen MR) is 160 cm³/mol. The standard InChI is InChI=1S/C34H38N4/c1-3-5-7-11-26-15-19-28(20-16-26)38(29-21-17-27(18-22-29)12-8-6-4-2)30-23-24-35-33(25-30)34-36-31-13-9-10-14-32(31)37-34/h9-10,13-25H,3-8,11-12H2,1-2H3,(H,36,37). The monoisotopic (exact) mass is 502 g/mol. The van der Waals surface area contributed by atoms with Crippen LogP contribution in [0.5, 0.6) is 0 Å². The third kappa shape index (κ3) is 6.13. The Morgan fingerprint density at radius 2 is 1.26 bits per heavy atom. The number of hydrogen-bond donors (Lipinski definition) is 1. The molecular weight excluding hydrogens is 464 g/mol. The first-order valence-corrected chi connectivity index (χ1v) is 14.1. The van der Waals surface area contributed by atoms with Crippen LogP contribution in [0.25, 0.3) is 22.6 Å². The van der Waals surface area contributed by atoms with Crippen LogP contribution in [-0.4, -0.2) is 15.0 Å². The lowest BCUT2D eigenvalue weighted by atomic mass is 10.0. The van der Waals surface area contributed by atoms with Crippen LogP contribution < -0.4 is 4.90 Å². The normalized spacial score (nSPS) is 11.2. The second-order valence-corrected chi connectivity index (χ2v) is 10.1. The Morgan fingerprint density at radius 1 is 0.658 bits per heavy atom. The molecule has 4 heteroatoms. The van der Waals surface area contributed by atoms with Crippen molar-refractivity contribution in [2.75, 3.05) is 4.90 Å². The molecule has 38 heavy (non-hydrogen) atoms. The number of benzene rings is 3. The van der Waals surface area contributed by atoms with Gasteiger partial charge in [0.2, 0.25) is 0 Å². The Morgan fingerprint density at radius 3 is 1.84 bits per heavy atom. The van der Waals surface area contributed by atoms with Crippen LogP contribution in [-0.2, 0) is 12.8 Å². The Bertz CT molecular complexity index is 1350. The summed E-state index contributed by atoms with van der Waals surface area (Å²) in [5, 5.41) is 0. The molecule has 2 aromatic heterocycles. The van der Waals surface area contributed by atoms with Crippen molar-refractivity contribution < 1.29 is 0 Å². The molecule has 0 atom stereocenters. The zero-order valence-electron chi connectivity index (χ0n) is 22.7. The highest BCUT2D eigenvalue weighted by molar-refractivity contribution is 5.81. The molecule has 4 nitrogen and oxygen atoms in total. The first kappa shape index (κ1) is 25.7. The Hall–Kier alpha value is -3.92. The van der Waals surface area contributed by atoms with Gasteiger partial charge in [-0.3, -0.25) is 4.98 Å². The Balaban J connectivity index is 1.49. The number of anilines is 3. The summed E-state index contributed by atoms with van der Waals surface area (Å²) in [4.78, 5) is 15.2. The fourth-order valence-corrected chi connectivity index (χ4v) is 4.99. The third-order valence-corrected chi connectivity index (χ3v) is 7.16. The number of aromatic amines is 1. The minimum Gasteiger partial charge on any atom is -0.337 e. The Labute approximate surface area is 226 Å². The first-order valence-electron chi connectivity index (χ1n) is 14.1. The highest BCUT2D eigenvalue weighted by Crippen LogP contribution is 2.36. The van der Waals surface area contributed by atoms with E-state index in [1.165, 1.54) is 49.7 Å². The van der Waals surface area contributed by atoms with Gasteiger partial charge in [0.1, 0.15) is 5.69 Å². The molecule has 194 valence electrons. The molecule has 5 rings (SSSR count). The molecule has 0 spiro atoms. The van der Waals surface area contributed by atoms with Crippen LogP contribution in [0, 0.1) is 0 Å². The van der Waals surface area contributed by atoms with Crippen molar-refractivity contribution in [2.24, 2.45) is 0 Å². The van der Waals surface area contributed by atoms with E-state index in [9.17, 15) is 0 Å². The first-order chi connectivity index (χ1) is 18.7. The van der Waals surface area contributed by atoms with Gasteiger partial charge in [-0.25, -0.2) is 4.98 Å². The van der Waals surface area contributed by atoms with Crippen molar-refractivity contribution >= 4 is 28.1 Å². The largest absolute Gasteiger partial charge is 0.337 e. The van der Waals surface area contributed by atoms with Crippen molar-refractivity contribution in [3.63, 3.8) is 0 Å². The van der Waals surface area contributed by atoms with Gasteiger partial charge in [0, 0.05) is 23.3 Å². The molecule has 0 aliphatic rings. The van der Waals surface area contributed by atoms with E-state index in [-0.39, 0.29) is 0 Å². The summed E-state index contributed by atoms with van der Waals surface area (Å²) in [5.41, 5.74) is 8.93. The summed E-state index contributed by atoms with van der Waals surface area (Å²) >= 11 is 0. The summed E-state index contributed by atoms with van der Waals surface area (Å²) in [5.74, 6) is 0.783. The summed E-state index contributed by atoms with van der Waals surface area (Å²) in [6, 6.07) is 30.4. The van der Waals surface area contributed by atoms with Gasteiger partial charge in [-0.15, -0.1) is 0 Å². The SMILES string of the molecule is CCCCCc1ccc(N(c2ccc(CCCCC)cc2)c2ccnc(-c3nc4ccccc4[nH]3)c2)cc1. The average molecular weight is 503 g/mol. The highest BCUT2D eigenvalue weighted by atomic mass is 15.1. The van der Waals surface area contributed by atoms with Gasteiger partial charge in [-0.1, -0.05) is 75.9 Å². The summed E-state index contributed by atoms with van der Waals surface area (Å²) in [6.45, 7) is 4.51. The number of hydrogen-bond acceptors (Lipinski definition) is 3. The van der Waals surface area contributed by atoms with E-state index in [4.69, 9.17) is 4.98 Å². The molecule has 2 heterocycles. The van der Waals surface area contributed by atoms with E-state index in [1.807, 2.05) is 30.5 Å². The molecule has 0 unspecified atom stereocenters. The van der Waals surface area contributed by atoms with Crippen LogP contribution in [0.4, 0.5) is 17.1 Å². The number of pyridine rings is 1. The molecule has 0 radical (unpaired) electrons. The maximum Gasteiger partial charge on any atom is 0.157 e. The van der Waals surface area contributed by atoms with Crippen molar-refractivity contribution in [1.82, 2.24) is 15.0 Å². The van der Waals surface area contributed by atoms with Crippen molar-refractivity contribution in [1.29, 1.82) is 0 Å². The molecule has 1 N–H and O–H groups in total. The number of aromatic nitrogens is 3. The minimum atomic E-state index is 0.783. The van der Waals surface area contributed by atoms with E-state index < -0.39 is 0 Å². The smallest absolute Gasteiger partial charge is 0.157 e. The van der Waals surface area contributed by atoms with Gasteiger partial charge >= 0.3 is 0 Å². The molecule has 3 aromatic carbocycles. The number of aryl methyl sites for hydroxylation is 2. The zero-order chi connectivity index (χ0) is 26.2. The minimum absolute atomic E-state index is 0.783. The van der Waals surface area contributed by atoms with Crippen LogP contribution in [0.1, 0.15) is 63.5 Å². The quantitative estimate of drug-likeness (QED) is 0.173. The van der Waals surface area contributed by atoms with Gasteiger partial charge in [0.05, 0.1) is 11.0 Å². The average Bonchev–Trinajstić information content (AvgIpc) is 3.40. The molecule has 0 aliphatic carbocycles. The van der Waals surface area contributed by atoms with Gasteiger partial charge in [-0.05, 0) is 85.3 Å². The Kier molecular flexibility index (Phi) is 8.49. The lowest BCUT2D eigenvalue weighted by Gasteiger charge is -2.26. The van der Waals surface area contributed by atoms with Crippen molar-refractivity contribution in [2.45, 2.75) is 65.2 Å². The van der Waals surface area contributed by atoms with Crippen LogP contribution >= 0.6 is 0 Å². The van der Waals surface area contributed by atoms with E-state index in [1.54, 1.807) is 0 Å². The number of para-hydroxylation sites is 2. The molecule has 0 aliphatic heterocycles.